The number of hydrogen-bond donors (Lipinski definition) is 1. The van der Waals surface area contributed by atoms with Gasteiger partial charge in [0.25, 0.3) is 0 Å². The second-order valence-corrected chi connectivity index (χ2v) is 9.06. The van der Waals surface area contributed by atoms with Gasteiger partial charge in [-0.1, -0.05) is 67.8 Å². The lowest BCUT2D eigenvalue weighted by molar-refractivity contribution is 0.166. The van der Waals surface area contributed by atoms with Crippen LogP contribution >= 0.6 is 0 Å². The van der Waals surface area contributed by atoms with Crippen molar-refractivity contribution >= 4 is 17.4 Å². The average Bonchev–Trinajstić information content (AvgIpc) is 2.96. The van der Waals surface area contributed by atoms with Crippen molar-refractivity contribution in [1.29, 1.82) is 0 Å². The number of anilines is 1. The normalized spacial score (nSPS) is 25.1. The molecule has 0 unspecified atom stereocenters. The molecular formula is C26H31N3O. The van der Waals surface area contributed by atoms with Gasteiger partial charge in [-0.3, -0.25) is 0 Å². The summed E-state index contributed by atoms with van der Waals surface area (Å²) in [6, 6.07) is 19.1. The number of rotatable bonds is 3. The maximum Gasteiger partial charge on any atom is 0.342 e. The fourth-order valence-corrected chi connectivity index (χ4v) is 5.51. The van der Waals surface area contributed by atoms with E-state index in [-0.39, 0.29) is 12.1 Å². The highest BCUT2D eigenvalue weighted by Gasteiger charge is 2.34. The number of carbonyl (C=O) groups excluding carboxylic acids is 1. The number of benzene rings is 2. The molecule has 2 amide bonds. The van der Waals surface area contributed by atoms with Gasteiger partial charge in [-0.15, -0.1) is 0 Å². The molecule has 1 heterocycles. The molecule has 2 aromatic carbocycles. The van der Waals surface area contributed by atoms with E-state index in [2.05, 4.69) is 47.8 Å². The monoisotopic (exact) mass is 401 g/mol. The number of nitrogens with zero attached hydrogens (tertiary/aromatic N) is 2. The zero-order chi connectivity index (χ0) is 20.3. The maximum atomic E-state index is 13.2. The molecule has 4 heteroatoms. The van der Waals surface area contributed by atoms with E-state index >= 15 is 0 Å². The SMILES string of the molecule is O=C1Nc2ccccc2C(C2CCCCC2)=NN1C1CCC(c2ccccc2)CC1. The van der Waals surface area contributed by atoms with Crippen molar-refractivity contribution in [3.8, 4) is 0 Å². The Bertz CT molecular complexity index is 909. The standard InChI is InChI=1S/C26H31N3O/c30-26-27-24-14-8-7-13-23(24)25(21-11-5-2-6-12-21)28-29(26)22-17-15-20(16-18-22)19-9-3-1-4-10-19/h1,3-4,7-10,13-14,20-22H,2,5-6,11-12,15-18H2,(H,27,30). The minimum absolute atomic E-state index is 0.0728. The van der Waals surface area contributed by atoms with E-state index in [0.717, 1.165) is 42.6 Å². The van der Waals surface area contributed by atoms with Crippen molar-refractivity contribution in [2.24, 2.45) is 11.0 Å². The highest BCUT2D eigenvalue weighted by atomic mass is 16.2. The molecule has 2 aliphatic carbocycles. The minimum atomic E-state index is -0.0728. The van der Waals surface area contributed by atoms with Crippen LogP contribution in [0.25, 0.3) is 0 Å². The third-order valence-corrected chi connectivity index (χ3v) is 7.17. The van der Waals surface area contributed by atoms with Crippen LogP contribution in [-0.4, -0.2) is 22.8 Å². The van der Waals surface area contributed by atoms with Gasteiger partial charge in [0.1, 0.15) is 0 Å². The third-order valence-electron chi connectivity index (χ3n) is 7.17. The Balaban J connectivity index is 1.40. The number of hydrazone groups is 1. The summed E-state index contributed by atoms with van der Waals surface area (Å²) in [5.74, 6) is 1.05. The maximum absolute atomic E-state index is 13.2. The first-order valence-electron chi connectivity index (χ1n) is 11.6. The van der Waals surface area contributed by atoms with Crippen LogP contribution in [0.3, 0.4) is 0 Å². The first kappa shape index (κ1) is 19.3. The molecule has 1 aliphatic heterocycles. The minimum Gasteiger partial charge on any atom is -0.306 e. The van der Waals surface area contributed by atoms with Gasteiger partial charge in [-0.25, -0.2) is 9.80 Å². The van der Waals surface area contributed by atoms with E-state index in [1.807, 2.05) is 12.1 Å². The molecule has 0 bridgehead atoms. The number of urea groups is 1. The molecule has 0 spiro atoms. The van der Waals surface area contributed by atoms with Crippen LogP contribution < -0.4 is 5.32 Å². The first-order chi connectivity index (χ1) is 14.8. The van der Waals surface area contributed by atoms with E-state index in [1.54, 1.807) is 5.01 Å². The van der Waals surface area contributed by atoms with Crippen molar-refractivity contribution in [3.63, 3.8) is 0 Å². The van der Waals surface area contributed by atoms with Crippen LogP contribution in [0.15, 0.2) is 59.7 Å². The van der Waals surface area contributed by atoms with Gasteiger partial charge in [-0.05, 0) is 56.1 Å². The number of nitrogens with one attached hydrogen (secondary N) is 1. The Kier molecular flexibility index (Phi) is 5.56. The van der Waals surface area contributed by atoms with Crippen LogP contribution in [0, 0.1) is 5.92 Å². The number of fused-ring (bicyclic) bond motifs is 1. The second-order valence-electron chi connectivity index (χ2n) is 9.06. The van der Waals surface area contributed by atoms with Gasteiger partial charge < -0.3 is 5.32 Å². The predicted molar refractivity (Wildman–Crippen MR) is 122 cm³/mol. The molecule has 3 aliphatic rings. The van der Waals surface area contributed by atoms with Crippen LogP contribution in [0.5, 0.6) is 0 Å². The predicted octanol–water partition coefficient (Wildman–Crippen LogP) is 6.54. The molecule has 5 rings (SSSR count). The molecule has 0 atom stereocenters. The highest BCUT2D eigenvalue weighted by molar-refractivity contribution is 6.10. The lowest BCUT2D eigenvalue weighted by Crippen LogP contribution is -2.41. The first-order valence-corrected chi connectivity index (χ1v) is 11.6. The van der Waals surface area contributed by atoms with Crippen molar-refractivity contribution in [1.82, 2.24) is 5.01 Å². The van der Waals surface area contributed by atoms with Crippen molar-refractivity contribution in [2.45, 2.75) is 69.7 Å². The Morgan fingerprint density at radius 3 is 2.23 bits per heavy atom. The average molecular weight is 402 g/mol. The molecule has 2 fully saturated rings. The zero-order valence-electron chi connectivity index (χ0n) is 17.6. The van der Waals surface area contributed by atoms with E-state index in [0.29, 0.717) is 11.8 Å². The smallest absolute Gasteiger partial charge is 0.306 e. The molecule has 2 saturated carbocycles. The molecule has 0 radical (unpaired) electrons. The Morgan fingerprint density at radius 1 is 0.767 bits per heavy atom. The topological polar surface area (TPSA) is 44.7 Å². The summed E-state index contributed by atoms with van der Waals surface area (Å²) >= 11 is 0. The second kappa shape index (κ2) is 8.63. The van der Waals surface area contributed by atoms with E-state index in [1.165, 1.54) is 37.7 Å². The summed E-state index contributed by atoms with van der Waals surface area (Å²) in [6.07, 6.45) is 10.4. The summed E-state index contributed by atoms with van der Waals surface area (Å²) < 4.78 is 0. The molecule has 156 valence electrons. The van der Waals surface area contributed by atoms with Crippen molar-refractivity contribution in [3.05, 3.63) is 65.7 Å². The molecule has 1 N–H and O–H groups in total. The summed E-state index contributed by atoms with van der Waals surface area (Å²) in [6.45, 7) is 0. The van der Waals surface area contributed by atoms with Crippen LogP contribution in [0.1, 0.15) is 74.8 Å². The lowest BCUT2D eigenvalue weighted by atomic mass is 9.81. The number of hydrogen-bond acceptors (Lipinski definition) is 2. The number of amides is 2. The van der Waals surface area contributed by atoms with Gasteiger partial charge in [0.05, 0.1) is 17.4 Å². The Hall–Kier alpha value is -2.62. The van der Waals surface area contributed by atoms with Crippen LogP contribution in [0.4, 0.5) is 10.5 Å². The molecule has 0 saturated heterocycles. The van der Waals surface area contributed by atoms with E-state index in [9.17, 15) is 4.79 Å². The van der Waals surface area contributed by atoms with Crippen LogP contribution in [-0.2, 0) is 0 Å². The van der Waals surface area contributed by atoms with Gasteiger partial charge in [0, 0.05) is 11.5 Å². The quantitative estimate of drug-likeness (QED) is 0.623. The fraction of sp³-hybridized carbons (Fsp3) is 0.462. The summed E-state index contributed by atoms with van der Waals surface area (Å²) in [7, 11) is 0. The Morgan fingerprint density at radius 2 is 1.47 bits per heavy atom. The summed E-state index contributed by atoms with van der Waals surface area (Å²) in [4.78, 5) is 13.2. The van der Waals surface area contributed by atoms with E-state index in [4.69, 9.17) is 5.10 Å². The molecule has 30 heavy (non-hydrogen) atoms. The van der Waals surface area contributed by atoms with E-state index < -0.39 is 0 Å². The molecule has 4 nitrogen and oxygen atoms in total. The third kappa shape index (κ3) is 3.88. The number of carbonyl (C=O) groups is 1. The fourth-order valence-electron chi connectivity index (χ4n) is 5.51. The van der Waals surface area contributed by atoms with Crippen molar-refractivity contribution < 1.29 is 4.79 Å². The molecule has 2 aromatic rings. The van der Waals surface area contributed by atoms with Gasteiger partial charge >= 0.3 is 6.03 Å². The lowest BCUT2D eigenvalue weighted by Gasteiger charge is -2.34. The largest absolute Gasteiger partial charge is 0.342 e. The Labute approximate surface area is 179 Å². The number of para-hydroxylation sites is 1. The van der Waals surface area contributed by atoms with Crippen LogP contribution in [0.2, 0.25) is 0 Å². The molecule has 0 aromatic heterocycles. The molecular weight excluding hydrogens is 370 g/mol. The zero-order valence-corrected chi connectivity index (χ0v) is 17.6. The van der Waals surface area contributed by atoms with Gasteiger partial charge in [0.2, 0.25) is 0 Å². The summed E-state index contributed by atoms with van der Waals surface area (Å²) in [5.41, 5.74) is 4.56. The van der Waals surface area contributed by atoms with Crippen molar-refractivity contribution in [2.75, 3.05) is 5.32 Å². The van der Waals surface area contributed by atoms with Gasteiger partial charge in [-0.2, -0.15) is 5.10 Å². The summed E-state index contributed by atoms with van der Waals surface area (Å²) in [5, 5.41) is 10.0. The highest BCUT2D eigenvalue weighted by Crippen LogP contribution is 2.37. The van der Waals surface area contributed by atoms with Gasteiger partial charge in [0.15, 0.2) is 0 Å².